The van der Waals surface area contributed by atoms with Crippen molar-refractivity contribution in [3.63, 3.8) is 0 Å². The minimum atomic E-state index is -0.444. The Labute approximate surface area is 153 Å². The number of amides is 1. The van der Waals surface area contributed by atoms with E-state index in [-0.39, 0.29) is 18.6 Å². The van der Waals surface area contributed by atoms with Gasteiger partial charge in [-0.05, 0) is 36.9 Å². The van der Waals surface area contributed by atoms with E-state index >= 15 is 0 Å². The normalized spacial score (nSPS) is 12.1. The Morgan fingerprint density at radius 3 is 2.92 bits per heavy atom. The third-order valence-corrected chi connectivity index (χ3v) is 5.06. The number of aryl methyl sites for hydroxylation is 1. The van der Waals surface area contributed by atoms with Crippen LogP contribution in [0.3, 0.4) is 0 Å². The molecule has 1 amide bonds. The summed E-state index contributed by atoms with van der Waals surface area (Å²) >= 11 is 7.79. The fourth-order valence-electron chi connectivity index (χ4n) is 2.47. The maximum atomic E-state index is 12.1. The van der Waals surface area contributed by atoms with Crippen LogP contribution in [0.4, 0.5) is 0 Å². The third-order valence-electron chi connectivity index (χ3n) is 3.71. The number of carbonyl (C=O) groups is 1. The molecule has 0 saturated heterocycles. The topological polar surface area (TPSA) is 68.5 Å². The van der Waals surface area contributed by atoms with Gasteiger partial charge < -0.3 is 14.5 Å². The summed E-state index contributed by atoms with van der Waals surface area (Å²) in [7, 11) is 0. The van der Waals surface area contributed by atoms with Crippen LogP contribution in [0.25, 0.3) is 11.0 Å². The molecule has 1 aromatic carbocycles. The Morgan fingerprint density at radius 2 is 2.20 bits per heavy atom. The lowest BCUT2D eigenvalue weighted by molar-refractivity contribution is -0.123. The zero-order valence-electron chi connectivity index (χ0n) is 13.7. The van der Waals surface area contributed by atoms with E-state index in [2.05, 4.69) is 5.32 Å². The summed E-state index contributed by atoms with van der Waals surface area (Å²) in [5.74, 6) is 0.0320. The first-order valence-corrected chi connectivity index (χ1v) is 8.89. The highest BCUT2D eigenvalue weighted by Gasteiger charge is 2.13. The van der Waals surface area contributed by atoms with Crippen LogP contribution in [-0.2, 0) is 4.79 Å². The second kappa shape index (κ2) is 7.29. The maximum Gasteiger partial charge on any atom is 0.336 e. The summed E-state index contributed by atoms with van der Waals surface area (Å²) < 4.78 is 10.7. The summed E-state index contributed by atoms with van der Waals surface area (Å²) in [6.07, 6.45) is 0. The second-order valence-electron chi connectivity index (χ2n) is 5.62. The van der Waals surface area contributed by atoms with Crippen LogP contribution in [0.15, 0.2) is 44.9 Å². The molecule has 2 heterocycles. The number of halogens is 1. The number of benzene rings is 1. The van der Waals surface area contributed by atoms with Crippen LogP contribution in [0.2, 0.25) is 5.02 Å². The molecule has 0 aliphatic heterocycles. The highest BCUT2D eigenvalue weighted by molar-refractivity contribution is 7.10. The molecule has 25 heavy (non-hydrogen) atoms. The summed E-state index contributed by atoms with van der Waals surface area (Å²) in [4.78, 5) is 24.6. The fourth-order valence-corrected chi connectivity index (χ4v) is 3.42. The first kappa shape index (κ1) is 17.5. The van der Waals surface area contributed by atoms with E-state index in [1.54, 1.807) is 24.3 Å². The number of fused-ring (bicyclic) bond motifs is 1. The number of ether oxygens (including phenoxy) is 1. The summed E-state index contributed by atoms with van der Waals surface area (Å²) in [6.45, 7) is 3.52. The van der Waals surface area contributed by atoms with E-state index in [0.29, 0.717) is 16.4 Å². The number of hydrogen-bond acceptors (Lipinski definition) is 5. The first-order valence-electron chi connectivity index (χ1n) is 7.63. The molecule has 130 valence electrons. The molecule has 0 unspecified atom stereocenters. The Bertz CT molecular complexity index is 965. The summed E-state index contributed by atoms with van der Waals surface area (Å²) in [5.41, 5.74) is 0.694. The quantitative estimate of drug-likeness (QED) is 0.680. The monoisotopic (exact) mass is 377 g/mol. The number of carbonyl (C=O) groups excluding carboxylic acids is 1. The molecule has 0 saturated carbocycles. The molecule has 0 spiro atoms. The van der Waals surface area contributed by atoms with Gasteiger partial charge in [-0.25, -0.2) is 4.79 Å². The third kappa shape index (κ3) is 4.03. The van der Waals surface area contributed by atoms with Crippen molar-refractivity contribution in [1.82, 2.24) is 5.32 Å². The Morgan fingerprint density at radius 1 is 1.40 bits per heavy atom. The predicted molar refractivity (Wildman–Crippen MR) is 98.6 cm³/mol. The van der Waals surface area contributed by atoms with E-state index < -0.39 is 5.63 Å². The minimum Gasteiger partial charge on any atom is -0.482 e. The van der Waals surface area contributed by atoms with Gasteiger partial charge in [0.1, 0.15) is 11.3 Å². The molecule has 1 atom stereocenters. The molecule has 2 aromatic heterocycles. The molecule has 0 aliphatic rings. The summed E-state index contributed by atoms with van der Waals surface area (Å²) in [6, 6.07) is 8.39. The highest BCUT2D eigenvalue weighted by atomic mass is 35.5. The molecule has 0 fully saturated rings. The lowest BCUT2D eigenvalue weighted by Crippen LogP contribution is -2.30. The van der Waals surface area contributed by atoms with Crippen LogP contribution in [-0.4, -0.2) is 12.5 Å². The lowest BCUT2D eigenvalue weighted by Gasteiger charge is -2.13. The van der Waals surface area contributed by atoms with Gasteiger partial charge >= 0.3 is 5.63 Å². The van der Waals surface area contributed by atoms with Crippen LogP contribution >= 0.6 is 22.9 Å². The Balaban J connectivity index is 1.71. The van der Waals surface area contributed by atoms with E-state index in [4.69, 9.17) is 20.8 Å². The van der Waals surface area contributed by atoms with Crippen molar-refractivity contribution in [3.8, 4) is 5.75 Å². The van der Waals surface area contributed by atoms with Crippen molar-refractivity contribution in [2.75, 3.05) is 6.61 Å². The molecule has 5 nitrogen and oxygen atoms in total. The Kier molecular flexibility index (Phi) is 5.11. The van der Waals surface area contributed by atoms with E-state index in [1.165, 1.54) is 12.1 Å². The van der Waals surface area contributed by atoms with Gasteiger partial charge in [0.05, 0.1) is 11.1 Å². The smallest absolute Gasteiger partial charge is 0.336 e. The minimum absolute atomic E-state index is 0.0937. The molecule has 0 radical (unpaired) electrons. The van der Waals surface area contributed by atoms with Crippen molar-refractivity contribution in [1.29, 1.82) is 0 Å². The zero-order valence-corrected chi connectivity index (χ0v) is 15.2. The molecule has 1 N–H and O–H groups in total. The molecular formula is C18H16ClNO4S. The molecular weight excluding hydrogens is 362 g/mol. The van der Waals surface area contributed by atoms with Gasteiger partial charge in [-0.3, -0.25) is 4.79 Å². The van der Waals surface area contributed by atoms with Crippen molar-refractivity contribution in [2.45, 2.75) is 19.9 Å². The summed E-state index contributed by atoms with van der Waals surface area (Å²) in [5, 5.41) is 5.89. The van der Waals surface area contributed by atoms with Crippen molar-refractivity contribution in [2.24, 2.45) is 0 Å². The second-order valence-corrected chi connectivity index (χ2v) is 7.01. The fraction of sp³-hybridized carbons (Fsp3) is 0.222. The largest absolute Gasteiger partial charge is 0.482 e. The zero-order chi connectivity index (χ0) is 18.0. The van der Waals surface area contributed by atoms with E-state index in [1.807, 2.05) is 24.4 Å². The van der Waals surface area contributed by atoms with Gasteiger partial charge in [0, 0.05) is 22.4 Å². The van der Waals surface area contributed by atoms with E-state index in [0.717, 1.165) is 15.8 Å². The average molecular weight is 378 g/mol. The predicted octanol–water partition coefficient (Wildman–Crippen LogP) is 4.07. The van der Waals surface area contributed by atoms with E-state index in [9.17, 15) is 9.59 Å². The van der Waals surface area contributed by atoms with Gasteiger partial charge in [-0.15, -0.1) is 11.3 Å². The number of thiophene rings is 1. The highest BCUT2D eigenvalue weighted by Crippen LogP contribution is 2.31. The molecule has 0 aliphatic carbocycles. The van der Waals surface area contributed by atoms with Crippen LogP contribution in [0.1, 0.15) is 23.4 Å². The van der Waals surface area contributed by atoms with Crippen molar-refractivity contribution >= 4 is 39.8 Å². The number of hydrogen-bond donors (Lipinski definition) is 1. The average Bonchev–Trinajstić information content (AvgIpc) is 3.08. The molecule has 0 bridgehead atoms. The molecule has 3 aromatic rings. The Hall–Kier alpha value is -2.31. The van der Waals surface area contributed by atoms with Gasteiger partial charge in [0.2, 0.25) is 0 Å². The van der Waals surface area contributed by atoms with Crippen molar-refractivity contribution in [3.05, 3.63) is 61.6 Å². The maximum absolute atomic E-state index is 12.1. The van der Waals surface area contributed by atoms with Gasteiger partial charge in [-0.1, -0.05) is 17.7 Å². The van der Waals surface area contributed by atoms with Crippen LogP contribution < -0.4 is 15.7 Å². The molecule has 7 heteroatoms. The lowest BCUT2D eigenvalue weighted by atomic mass is 10.1. The standard InChI is InChI=1S/C18H16ClNO4S/c1-10-6-18(22)24-14-8-15(13(19)7-12(10)14)23-9-17(21)20-11(2)16-4-3-5-25-16/h3-8,11H,9H2,1-2H3,(H,20,21)/t11-/m1/s1. The number of rotatable bonds is 5. The molecule has 3 rings (SSSR count). The SMILES string of the molecule is Cc1cc(=O)oc2cc(OCC(=O)N[C@H](C)c3cccs3)c(Cl)cc12. The van der Waals surface area contributed by atoms with Crippen LogP contribution in [0.5, 0.6) is 5.75 Å². The van der Waals surface area contributed by atoms with Gasteiger partial charge in [0.15, 0.2) is 6.61 Å². The van der Waals surface area contributed by atoms with Crippen LogP contribution in [0, 0.1) is 6.92 Å². The van der Waals surface area contributed by atoms with Gasteiger partial charge in [0.25, 0.3) is 5.91 Å². The van der Waals surface area contributed by atoms with Crippen molar-refractivity contribution < 1.29 is 13.9 Å². The number of nitrogens with one attached hydrogen (secondary N) is 1. The van der Waals surface area contributed by atoms with Gasteiger partial charge in [-0.2, -0.15) is 0 Å². The first-order chi connectivity index (χ1) is 11.9.